The number of nitrogens with two attached hydrogens (primary N) is 1. The summed E-state index contributed by atoms with van der Waals surface area (Å²) in [6.07, 6.45) is 1.72. The van der Waals surface area contributed by atoms with Gasteiger partial charge in [0.15, 0.2) is 0 Å². The number of nitrogens with zero attached hydrogens (tertiary/aromatic N) is 1. The Labute approximate surface area is 105 Å². The van der Waals surface area contributed by atoms with Crippen molar-refractivity contribution in [2.45, 2.75) is 13.0 Å². The van der Waals surface area contributed by atoms with Gasteiger partial charge in [-0.15, -0.1) is 0 Å². The Balaban J connectivity index is 2.23. The molecular formula is C14H15FN2O. The van der Waals surface area contributed by atoms with Crippen LogP contribution in [0.25, 0.3) is 0 Å². The summed E-state index contributed by atoms with van der Waals surface area (Å²) in [6.45, 7) is 1.15. The Morgan fingerprint density at radius 3 is 2.61 bits per heavy atom. The molecule has 0 spiro atoms. The summed E-state index contributed by atoms with van der Waals surface area (Å²) in [6, 6.07) is 10.6. The first-order chi connectivity index (χ1) is 8.72. The minimum atomic E-state index is -0.829. The Bertz CT molecular complexity index is 513. The summed E-state index contributed by atoms with van der Waals surface area (Å²) in [5.74, 6) is 0.492. The molecule has 1 aromatic carbocycles. The summed E-state index contributed by atoms with van der Waals surface area (Å²) < 4.78 is 16.7. The molecule has 2 aromatic rings. The van der Waals surface area contributed by atoms with E-state index in [-0.39, 0.29) is 6.04 Å². The van der Waals surface area contributed by atoms with E-state index in [0.29, 0.717) is 5.75 Å². The van der Waals surface area contributed by atoms with E-state index in [1.165, 1.54) is 0 Å². The SMILES string of the molecule is Cc1cccnc1[C@@H](N)c1ccc(OCF)cc1. The Morgan fingerprint density at radius 2 is 2.00 bits per heavy atom. The zero-order valence-corrected chi connectivity index (χ0v) is 10.1. The number of halogens is 1. The number of aromatic nitrogens is 1. The first-order valence-corrected chi connectivity index (χ1v) is 5.68. The Hall–Kier alpha value is -1.94. The first kappa shape index (κ1) is 12.5. The van der Waals surface area contributed by atoms with Gasteiger partial charge in [-0.25, -0.2) is 4.39 Å². The normalized spacial score (nSPS) is 12.2. The van der Waals surface area contributed by atoms with Crippen molar-refractivity contribution in [2.24, 2.45) is 5.73 Å². The summed E-state index contributed by atoms with van der Waals surface area (Å²) in [5, 5.41) is 0. The summed E-state index contributed by atoms with van der Waals surface area (Å²) in [5.41, 5.74) is 8.98. The van der Waals surface area contributed by atoms with Gasteiger partial charge in [-0.3, -0.25) is 4.98 Å². The Kier molecular flexibility index (Phi) is 3.89. The molecule has 2 rings (SSSR count). The van der Waals surface area contributed by atoms with E-state index in [2.05, 4.69) is 4.98 Å². The molecule has 4 heteroatoms. The van der Waals surface area contributed by atoms with Crippen LogP contribution in [0.4, 0.5) is 4.39 Å². The second-order valence-corrected chi connectivity index (χ2v) is 4.01. The molecule has 0 aliphatic heterocycles. The molecule has 0 unspecified atom stereocenters. The summed E-state index contributed by atoms with van der Waals surface area (Å²) in [7, 11) is 0. The highest BCUT2D eigenvalue weighted by molar-refractivity contribution is 5.35. The molecule has 0 saturated carbocycles. The maximum absolute atomic E-state index is 12.0. The van der Waals surface area contributed by atoms with Crippen molar-refractivity contribution in [1.82, 2.24) is 4.98 Å². The molecule has 1 aromatic heterocycles. The topological polar surface area (TPSA) is 48.1 Å². The van der Waals surface area contributed by atoms with Crippen LogP contribution < -0.4 is 10.5 Å². The van der Waals surface area contributed by atoms with E-state index in [9.17, 15) is 4.39 Å². The minimum Gasteiger partial charge on any atom is -0.463 e. The van der Waals surface area contributed by atoms with Crippen LogP contribution in [-0.2, 0) is 0 Å². The van der Waals surface area contributed by atoms with E-state index >= 15 is 0 Å². The van der Waals surface area contributed by atoms with Gasteiger partial charge in [0.1, 0.15) is 5.75 Å². The number of aryl methyl sites for hydroxylation is 1. The van der Waals surface area contributed by atoms with Crippen molar-refractivity contribution in [1.29, 1.82) is 0 Å². The lowest BCUT2D eigenvalue weighted by molar-refractivity contribution is 0.191. The molecule has 0 radical (unpaired) electrons. The van der Waals surface area contributed by atoms with Crippen molar-refractivity contribution in [2.75, 3.05) is 6.86 Å². The largest absolute Gasteiger partial charge is 0.463 e. The smallest absolute Gasteiger partial charge is 0.228 e. The fraction of sp³-hybridized carbons (Fsp3) is 0.214. The predicted octanol–water partition coefficient (Wildman–Crippen LogP) is 2.74. The summed E-state index contributed by atoms with van der Waals surface area (Å²) >= 11 is 0. The van der Waals surface area contributed by atoms with Crippen LogP contribution in [0.15, 0.2) is 42.6 Å². The van der Waals surface area contributed by atoms with Gasteiger partial charge < -0.3 is 10.5 Å². The van der Waals surface area contributed by atoms with Gasteiger partial charge in [0.2, 0.25) is 6.86 Å². The van der Waals surface area contributed by atoms with Crippen LogP contribution in [-0.4, -0.2) is 11.8 Å². The number of hydrogen-bond acceptors (Lipinski definition) is 3. The lowest BCUT2D eigenvalue weighted by Crippen LogP contribution is -2.14. The van der Waals surface area contributed by atoms with Gasteiger partial charge in [-0.05, 0) is 36.2 Å². The van der Waals surface area contributed by atoms with E-state index in [4.69, 9.17) is 10.5 Å². The molecule has 0 aliphatic rings. The van der Waals surface area contributed by atoms with Crippen LogP contribution in [0.2, 0.25) is 0 Å². The summed E-state index contributed by atoms with van der Waals surface area (Å²) in [4.78, 5) is 4.30. The van der Waals surface area contributed by atoms with Crippen molar-refractivity contribution >= 4 is 0 Å². The number of rotatable bonds is 4. The highest BCUT2D eigenvalue weighted by Gasteiger charge is 2.12. The zero-order valence-electron chi connectivity index (χ0n) is 10.1. The highest BCUT2D eigenvalue weighted by atomic mass is 19.1. The van der Waals surface area contributed by atoms with E-state index in [1.54, 1.807) is 18.3 Å². The van der Waals surface area contributed by atoms with Gasteiger partial charge >= 0.3 is 0 Å². The molecule has 0 fully saturated rings. The van der Waals surface area contributed by atoms with Crippen LogP contribution >= 0.6 is 0 Å². The standard InChI is InChI=1S/C14H15FN2O/c1-10-3-2-8-17-14(10)13(16)11-4-6-12(7-5-11)18-9-15/h2-8,13H,9,16H2,1H3/t13-/m0/s1. The van der Waals surface area contributed by atoms with Crippen molar-refractivity contribution in [3.05, 3.63) is 59.4 Å². The third kappa shape index (κ3) is 2.65. The molecule has 1 heterocycles. The van der Waals surface area contributed by atoms with Gasteiger partial charge in [-0.1, -0.05) is 18.2 Å². The number of alkyl halides is 1. The minimum absolute atomic E-state index is 0.286. The fourth-order valence-corrected chi connectivity index (χ4v) is 1.82. The van der Waals surface area contributed by atoms with Crippen molar-refractivity contribution in [3.8, 4) is 5.75 Å². The van der Waals surface area contributed by atoms with E-state index in [0.717, 1.165) is 16.8 Å². The van der Waals surface area contributed by atoms with Gasteiger partial charge in [-0.2, -0.15) is 0 Å². The molecule has 18 heavy (non-hydrogen) atoms. The van der Waals surface area contributed by atoms with Crippen LogP contribution in [0, 0.1) is 6.92 Å². The van der Waals surface area contributed by atoms with E-state index < -0.39 is 6.86 Å². The predicted molar refractivity (Wildman–Crippen MR) is 68.0 cm³/mol. The average Bonchev–Trinajstić information content (AvgIpc) is 2.40. The molecule has 2 N–H and O–H groups in total. The second-order valence-electron chi connectivity index (χ2n) is 4.01. The molecule has 0 saturated heterocycles. The molecular weight excluding hydrogens is 231 g/mol. The van der Waals surface area contributed by atoms with Gasteiger partial charge in [0.05, 0.1) is 11.7 Å². The number of ether oxygens (including phenoxy) is 1. The van der Waals surface area contributed by atoms with Crippen molar-refractivity contribution in [3.63, 3.8) is 0 Å². The zero-order chi connectivity index (χ0) is 13.0. The van der Waals surface area contributed by atoms with Crippen LogP contribution in [0.1, 0.15) is 22.9 Å². The quantitative estimate of drug-likeness (QED) is 0.902. The number of benzene rings is 1. The molecule has 0 amide bonds. The molecule has 1 atom stereocenters. The second kappa shape index (κ2) is 5.60. The van der Waals surface area contributed by atoms with Gasteiger partial charge in [0, 0.05) is 6.20 Å². The van der Waals surface area contributed by atoms with Gasteiger partial charge in [0.25, 0.3) is 0 Å². The van der Waals surface area contributed by atoms with E-state index in [1.807, 2.05) is 31.2 Å². The fourth-order valence-electron chi connectivity index (χ4n) is 1.82. The Morgan fingerprint density at radius 1 is 1.28 bits per heavy atom. The molecule has 0 aliphatic carbocycles. The monoisotopic (exact) mass is 246 g/mol. The molecule has 94 valence electrons. The maximum atomic E-state index is 12.0. The number of hydrogen-bond donors (Lipinski definition) is 1. The van der Waals surface area contributed by atoms with Crippen LogP contribution in [0.5, 0.6) is 5.75 Å². The molecule has 3 nitrogen and oxygen atoms in total. The highest BCUT2D eigenvalue weighted by Crippen LogP contribution is 2.22. The first-order valence-electron chi connectivity index (χ1n) is 5.68. The number of pyridine rings is 1. The maximum Gasteiger partial charge on any atom is 0.228 e. The van der Waals surface area contributed by atoms with Crippen molar-refractivity contribution < 1.29 is 9.13 Å². The third-order valence-corrected chi connectivity index (χ3v) is 2.80. The van der Waals surface area contributed by atoms with Crippen LogP contribution in [0.3, 0.4) is 0 Å². The average molecular weight is 246 g/mol. The molecule has 0 bridgehead atoms. The lowest BCUT2D eigenvalue weighted by Gasteiger charge is -2.14. The lowest BCUT2D eigenvalue weighted by atomic mass is 10.0. The third-order valence-electron chi connectivity index (χ3n) is 2.80.